The molecule has 0 bridgehead atoms. The summed E-state index contributed by atoms with van der Waals surface area (Å²) >= 11 is 9.32. The molecule has 11 heteroatoms. The van der Waals surface area contributed by atoms with Crippen LogP contribution in [0, 0.1) is 0 Å². The Labute approximate surface area is 236 Å². The number of piperazine rings is 1. The van der Waals surface area contributed by atoms with Crippen molar-refractivity contribution in [2.75, 3.05) is 45.1 Å². The van der Waals surface area contributed by atoms with Crippen molar-refractivity contribution >= 4 is 55.1 Å². The van der Waals surface area contributed by atoms with Gasteiger partial charge in [-0.25, -0.2) is 8.42 Å². The minimum Gasteiger partial charge on any atom is -0.336 e. The predicted octanol–water partition coefficient (Wildman–Crippen LogP) is 4.32. The lowest BCUT2D eigenvalue weighted by atomic mass is 10.1. The van der Waals surface area contributed by atoms with Gasteiger partial charge in [0.25, 0.3) is 5.91 Å². The van der Waals surface area contributed by atoms with E-state index in [4.69, 9.17) is 11.6 Å². The molecule has 3 aromatic rings. The molecular weight excluding hydrogens is 592 g/mol. The predicted molar refractivity (Wildman–Crippen MR) is 152 cm³/mol. The number of sulfonamides is 1. The summed E-state index contributed by atoms with van der Waals surface area (Å²) in [6.45, 7) is 2.60. The van der Waals surface area contributed by atoms with E-state index < -0.39 is 22.5 Å². The average molecular weight is 620 g/mol. The molecular formula is C27H28BrClN4O4S. The number of carbonyl (C=O) groups is 2. The Kier molecular flexibility index (Phi) is 9.22. The van der Waals surface area contributed by atoms with Gasteiger partial charge in [0.2, 0.25) is 15.9 Å². The lowest BCUT2D eigenvalue weighted by molar-refractivity contribution is -0.116. The maximum atomic E-state index is 13.4. The molecule has 3 aromatic carbocycles. The summed E-state index contributed by atoms with van der Waals surface area (Å²) in [5.74, 6) is -0.552. The molecule has 0 aliphatic carbocycles. The minimum absolute atomic E-state index is 0.00409. The first-order valence-corrected chi connectivity index (χ1v) is 14.6. The van der Waals surface area contributed by atoms with Crippen molar-refractivity contribution in [3.8, 4) is 0 Å². The molecule has 0 saturated carbocycles. The van der Waals surface area contributed by atoms with Gasteiger partial charge in [-0.3, -0.25) is 9.59 Å². The first kappa shape index (κ1) is 28.3. The number of anilines is 1. The first-order chi connectivity index (χ1) is 18.1. The highest BCUT2D eigenvalue weighted by Crippen LogP contribution is 2.22. The maximum Gasteiger partial charge on any atom is 0.253 e. The number of carbonyl (C=O) groups excluding carboxylic acids is 2. The fourth-order valence-electron chi connectivity index (χ4n) is 4.02. The van der Waals surface area contributed by atoms with Crippen LogP contribution >= 0.6 is 27.5 Å². The van der Waals surface area contributed by atoms with Gasteiger partial charge in [-0.1, -0.05) is 39.7 Å². The Morgan fingerprint density at radius 1 is 0.921 bits per heavy atom. The van der Waals surface area contributed by atoms with Crippen LogP contribution in [0.1, 0.15) is 15.9 Å². The number of hydrogen-bond donors (Lipinski definition) is 1. The topological polar surface area (TPSA) is 90.0 Å². The zero-order valence-corrected chi connectivity index (χ0v) is 24.0. The molecule has 1 N–H and O–H groups in total. The highest BCUT2D eigenvalue weighted by molar-refractivity contribution is 9.10. The second-order valence-electron chi connectivity index (χ2n) is 9.07. The molecule has 0 aromatic heterocycles. The molecule has 0 unspecified atom stereocenters. The van der Waals surface area contributed by atoms with Crippen LogP contribution in [0.3, 0.4) is 0 Å². The van der Waals surface area contributed by atoms with E-state index in [9.17, 15) is 18.0 Å². The molecule has 0 atom stereocenters. The number of nitrogens with zero attached hydrogens (tertiary/aromatic N) is 3. The SMILES string of the molecule is CN1CCN(C(=O)c2ccc(NC(=O)CN(Cc3ccc(Br)cc3)S(=O)(=O)c3ccc(Cl)cc3)cc2)CC1. The van der Waals surface area contributed by atoms with E-state index in [2.05, 4.69) is 26.1 Å². The van der Waals surface area contributed by atoms with Crippen molar-refractivity contribution in [1.82, 2.24) is 14.1 Å². The van der Waals surface area contributed by atoms with Gasteiger partial charge in [-0.05, 0) is 73.3 Å². The molecule has 1 saturated heterocycles. The molecule has 1 fully saturated rings. The van der Waals surface area contributed by atoms with Crippen molar-refractivity contribution < 1.29 is 18.0 Å². The number of likely N-dealkylation sites (N-methyl/N-ethyl adjacent to an activating group) is 1. The average Bonchev–Trinajstić information content (AvgIpc) is 2.90. The molecule has 1 aliphatic rings. The maximum absolute atomic E-state index is 13.4. The van der Waals surface area contributed by atoms with Gasteiger partial charge >= 0.3 is 0 Å². The number of nitrogens with one attached hydrogen (secondary N) is 1. The van der Waals surface area contributed by atoms with Crippen LogP contribution in [0.15, 0.2) is 82.2 Å². The van der Waals surface area contributed by atoms with Crippen LogP contribution in [0.5, 0.6) is 0 Å². The lowest BCUT2D eigenvalue weighted by Crippen LogP contribution is -2.47. The van der Waals surface area contributed by atoms with Crippen LogP contribution in [-0.4, -0.2) is 74.1 Å². The molecule has 0 radical (unpaired) electrons. The number of hydrogen-bond acceptors (Lipinski definition) is 5. The van der Waals surface area contributed by atoms with E-state index in [1.807, 2.05) is 24.1 Å². The smallest absolute Gasteiger partial charge is 0.253 e. The largest absolute Gasteiger partial charge is 0.336 e. The fourth-order valence-corrected chi connectivity index (χ4v) is 5.80. The van der Waals surface area contributed by atoms with E-state index in [0.29, 0.717) is 29.4 Å². The molecule has 200 valence electrons. The van der Waals surface area contributed by atoms with Gasteiger partial charge < -0.3 is 15.1 Å². The number of amides is 2. The third-order valence-corrected chi connectivity index (χ3v) is 8.84. The molecule has 1 heterocycles. The summed E-state index contributed by atoms with van der Waals surface area (Å²) < 4.78 is 28.9. The molecule has 0 spiro atoms. The zero-order chi connectivity index (χ0) is 27.3. The van der Waals surface area contributed by atoms with Crippen molar-refractivity contribution in [2.45, 2.75) is 11.4 Å². The van der Waals surface area contributed by atoms with Crippen molar-refractivity contribution in [2.24, 2.45) is 0 Å². The number of rotatable bonds is 8. The number of halogens is 2. The van der Waals surface area contributed by atoms with Crippen molar-refractivity contribution in [3.63, 3.8) is 0 Å². The Morgan fingerprint density at radius 2 is 1.53 bits per heavy atom. The van der Waals surface area contributed by atoms with E-state index >= 15 is 0 Å². The Balaban J connectivity index is 1.47. The van der Waals surface area contributed by atoms with Gasteiger partial charge in [0, 0.05) is 53.5 Å². The quantitative estimate of drug-likeness (QED) is 0.406. The van der Waals surface area contributed by atoms with Crippen molar-refractivity contribution in [3.05, 3.63) is 93.4 Å². The monoisotopic (exact) mass is 618 g/mol. The first-order valence-electron chi connectivity index (χ1n) is 12.0. The van der Waals surface area contributed by atoms with E-state index in [0.717, 1.165) is 27.4 Å². The second kappa shape index (κ2) is 12.4. The Hall–Kier alpha value is -2.76. The summed E-state index contributed by atoms with van der Waals surface area (Å²) in [5, 5.41) is 3.16. The van der Waals surface area contributed by atoms with Gasteiger partial charge in [0.05, 0.1) is 11.4 Å². The van der Waals surface area contributed by atoms with Crippen molar-refractivity contribution in [1.29, 1.82) is 0 Å². The van der Waals surface area contributed by atoms with Crippen LogP contribution in [0.4, 0.5) is 5.69 Å². The summed E-state index contributed by atoms with van der Waals surface area (Å²) in [6, 6.07) is 19.7. The minimum atomic E-state index is -4.00. The lowest BCUT2D eigenvalue weighted by Gasteiger charge is -2.32. The standard InChI is InChI=1S/C27H28BrClN4O4S/c1-31-14-16-32(17-15-31)27(35)21-4-10-24(11-5-21)30-26(34)19-33(18-20-2-6-22(28)7-3-20)38(36,37)25-12-8-23(29)9-13-25/h2-13H,14-19H2,1H3,(H,30,34). The zero-order valence-electron chi connectivity index (χ0n) is 20.8. The summed E-state index contributed by atoms with van der Waals surface area (Å²) in [6.07, 6.45) is 0. The summed E-state index contributed by atoms with van der Waals surface area (Å²) in [4.78, 5) is 29.8. The van der Waals surface area contributed by atoms with E-state index in [1.54, 1.807) is 36.4 Å². The third-order valence-electron chi connectivity index (χ3n) is 6.25. The second-order valence-corrected chi connectivity index (χ2v) is 12.4. The van der Waals surface area contributed by atoms with Gasteiger partial charge in [-0.2, -0.15) is 4.31 Å². The molecule has 8 nitrogen and oxygen atoms in total. The van der Waals surface area contributed by atoms with Gasteiger partial charge in [0.15, 0.2) is 0 Å². The third kappa shape index (κ3) is 7.21. The normalized spacial score (nSPS) is 14.5. The molecule has 1 aliphatic heterocycles. The van der Waals surface area contributed by atoms with Crippen LogP contribution in [0.2, 0.25) is 5.02 Å². The number of benzene rings is 3. The Bertz CT molecular complexity index is 1380. The summed E-state index contributed by atoms with van der Waals surface area (Å²) in [5.41, 5.74) is 1.73. The van der Waals surface area contributed by atoms with Gasteiger partial charge in [0.1, 0.15) is 0 Å². The van der Waals surface area contributed by atoms with Crippen LogP contribution < -0.4 is 5.32 Å². The molecule has 2 amide bonds. The fraction of sp³-hybridized carbons (Fsp3) is 0.259. The molecule has 4 rings (SSSR count). The highest BCUT2D eigenvalue weighted by atomic mass is 79.9. The van der Waals surface area contributed by atoms with Gasteiger partial charge in [-0.15, -0.1) is 0 Å². The van der Waals surface area contributed by atoms with E-state index in [-0.39, 0.29) is 17.3 Å². The highest BCUT2D eigenvalue weighted by Gasteiger charge is 2.27. The molecule has 38 heavy (non-hydrogen) atoms. The summed E-state index contributed by atoms with van der Waals surface area (Å²) in [7, 11) is -1.97. The van der Waals surface area contributed by atoms with Crippen LogP contribution in [0.25, 0.3) is 0 Å². The van der Waals surface area contributed by atoms with E-state index in [1.165, 1.54) is 24.3 Å². The Morgan fingerprint density at radius 3 is 2.13 bits per heavy atom. The van der Waals surface area contributed by atoms with Crippen LogP contribution in [-0.2, 0) is 21.4 Å².